The number of rotatable bonds is 7. The molecule has 0 bridgehead atoms. The molecule has 0 spiro atoms. The van der Waals surface area contributed by atoms with Gasteiger partial charge in [0.2, 0.25) is 0 Å². The molecule has 0 aliphatic rings. The lowest BCUT2D eigenvalue weighted by Gasteiger charge is -2.07. The van der Waals surface area contributed by atoms with Crippen molar-refractivity contribution < 1.29 is 19.4 Å². The van der Waals surface area contributed by atoms with E-state index in [0.29, 0.717) is 6.42 Å². The number of hydrogen-bond donors (Lipinski definition) is 4. The topological polar surface area (TPSA) is 134 Å². The minimum Gasteiger partial charge on any atom is -0.507 e. The van der Waals surface area contributed by atoms with Gasteiger partial charge in [0.25, 0.3) is 0 Å². The number of halogens is 1. The van der Waals surface area contributed by atoms with Crippen LogP contribution in [0.2, 0.25) is 0 Å². The van der Waals surface area contributed by atoms with Crippen molar-refractivity contribution in [3.63, 3.8) is 0 Å². The Morgan fingerprint density at radius 1 is 1.43 bits per heavy atom. The van der Waals surface area contributed by atoms with Crippen LogP contribution in [0.5, 0.6) is 5.75 Å². The molecule has 1 rings (SSSR count). The summed E-state index contributed by atoms with van der Waals surface area (Å²) in [5.74, 6) is -2.19. The van der Waals surface area contributed by atoms with Gasteiger partial charge < -0.3 is 21.7 Å². The van der Waals surface area contributed by atoms with Gasteiger partial charge in [0.05, 0.1) is 5.56 Å². The third-order valence-electron chi connectivity index (χ3n) is 2.63. The van der Waals surface area contributed by atoms with Crippen molar-refractivity contribution in [2.45, 2.75) is 18.9 Å². The van der Waals surface area contributed by atoms with E-state index in [-0.39, 0.29) is 30.2 Å². The maximum absolute atomic E-state index is 13.5. The van der Waals surface area contributed by atoms with Crippen molar-refractivity contribution in [1.29, 1.82) is 0 Å². The first-order valence-electron chi connectivity index (χ1n) is 6.20. The number of nitrogens with zero attached hydrogens (tertiary/aromatic N) is 2. The van der Waals surface area contributed by atoms with Gasteiger partial charge in [-0.25, -0.2) is 9.18 Å². The summed E-state index contributed by atoms with van der Waals surface area (Å²) in [4.78, 5) is 18.6. The molecule has 0 aromatic heterocycles. The number of aliphatic imine (C=N–C) groups is 2. The van der Waals surface area contributed by atoms with Crippen molar-refractivity contribution in [3.8, 4) is 5.75 Å². The van der Waals surface area contributed by atoms with Crippen molar-refractivity contribution in [3.05, 3.63) is 29.6 Å². The predicted molar refractivity (Wildman–Crippen MR) is 77.0 cm³/mol. The second-order valence-electron chi connectivity index (χ2n) is 4.25. The second kappa shape index (κ2) is 7.83. The quantitative estimate of drug-likeness (QED) is 0.329. The zero-order valence-electron chi connectivity index (χ0n) is 11.2. The van der Waals surface area contributed by atoms with Gasteiger partial charge in [-0.15, -0.1) is 0 Å². The first-order chi connectivity index (χ1) is 9.91. The number of carboxylic acid groups (broad SMARTS) is 1. The van der Waals surface area contributed by atoms with E-state index in [0.717, 1.165) is 12.3 Å². The third kappa shape index (κ3) is 5.47. The fourth-order valence-corrected chi connectivity index (χ4v) is 1.57. The van der Waals surface area contributed by atoms with Gasteiger partial charge >= 0.3 is 5.97 Å². The van der Waals surface area contributed by atoms with Gasteiger partial charge in [0.1, 0.15) is 17.6 Å². The molecule has 21 heavy (non-hydrogen) atoms. The number of carboxylic acids is 1. The Bertz CT molecular complexity index is 536. The Hall–Kier alpha value is -2.64. The van der Waals surface area contributed by atoms with Crippen LogP contribution in [0.4, 0.5) is 4.39 Å². The van der Waals surface area contributed by atoms with E-state index in [1.807, 2.05) is 0 Å². The molecule has 0 aliphatic heterocycles. The maximum atomic E-state index is 13.5. The Kier molecular flexibility index (Phi) is 6.12. The molecule has 0 radical (unpaired) electrons. The van der Waals surface area contributed by atoms with E-state index in [1.165, 1.54) is 12.1 Å². The van der Waals surface area contributed by atoms with Gasteiger partial charge in [-0.3, -0.25) is 9.98 Å². The van der Waals surface area contributed by atoms with Gasteiger partial charge in [-0.2, -0.15) is 0 Å². The normalized spacial score (nSPS) is 12.2. The highest BCUT2D eigenvalue weighted by atomic mass is 19.1. The minimum atomic E-state index is -1.15. The monoisotopic (exact) mass is 296 g/mol. The number of aliphatic carboxylic acids is 1. The lowest BCUT2D eigenvalue weighted by Crippen LogP contribution is -2.23. The van der Waals surface area contributed by atoms with E-state index in [1.54, 1.807) is 0 Å². The molecule has 8 heteroatoms. The molecule has 1 aromatic rings. The molecule has 0 saturated carbocycles. The first kappa shape index (κ1) is 16.4. The molecule has 0 fully saturated rings. The molecule has 6 N–H and O–H groups in total. The number of phenols is 1. The van der Waals surface area contributed by atoms with Crippen LogP contribution >= 0.6 is 0 Å². The van der Waals surface area contributed by atoms with Crippen LogP contribution in [-0.4, -0.2) is 40.9 Å². The smallest absolute Gasteiger partial charge is 0.328 e. The Morgan fingerprint density at radius 2 is 2.14 bits per heavy atom. The van der Waals surface area contributed by atoms with Crippen LogP contribution in [0.25, 0.3) is 0 Å². The minimum absolute atomic E-state index is 0.0679. The number of nitrogens with two attached hydrogens (primary N) is 2. The number of phenolic OH excluding ortho intramolecular Hbond substituents is 1. The van der Waals surface area contributed by atoms with E-state index >= 15 is 0 Å². The molecule has 0 heterocycles. The third-order valence-corrected chi connectivity index (χ3v) is 2.63. The first-order valence-corrected chi connectivity index (χ1v) is 6.20. The summed E-state index contributed by atoms with van der Waals surface area (Å²) >= 11 is 0. The average Bonchev–Trinajstić information content (AvgIpc) is 2.39. The second-order valence-corrected chi connectivity index (χ2v) is 4.25. The Labute approximate surface area is 120 Å². The maximum Gasteiger partial charge on any atom is 0.328 e. The summed E-state index contributed by atoms with van der Waals surface area (Å²) in [5.41, 5.74) is 10.2. The fraction of sp³-hybridized carbons (Fsp3) is 0.308. The van der Waals surface area contributed by atoms with Crippen LogP contribution in [0.15, 0.2) is 28.2 Å². The molecule has 0 amide bonds. The molecule has 1 aromatic carbocycles. The Morgan fingerprint density at radius 3 is 2.71 bits per heavy atom. The van der Waals surface area contributed by atoms with Crippen molar-refractivity contribution >= 4 is 18.1 Å². The SMILES string of the molecule is NC(N)=NCCC[C@H](N=Cc1c(O)cccc1F)C(=O)O. The van der Waals surface area contributed by atoms with Gasteiger partial charge in [-0.1, -0.05) is 6.07 Å². The fourth-order valence-electron chi connectivity index (χ4n) is 1.57. The highest BCUT2D eigenvalue weighted by Gasteiger charge is 2.15. The molecular weight excluding hydrogens is 279 g/mol. The molecule has 0 unspecified atom stereocenters. The lowest BCUT2D eigenvalue weighted by molar-refractivity contribution is -0.138. The summed E-state index contributed by atoms with van der Waals surface area (Å²) in [6.45, 7) is 0.284. The number of guanidine groups is 1. The molecule has 1 atom stereocenters. The standard InChI is InChI=1S/C13H17FN4O3/c14-9-3-1-5-11(19)8(9)7-18-10(12(20)21)4-2-6-17-13(15)16/h1,3,5,7,10,19H,2,4,6H2,(H,20,21)(H4,15,16,17)/t10-/m0/s1. The molecular formula is C13H17FN4O3. The van der Waals surface area contributed by atoms with E-state index < -0.39 is 17.8 Å². The van der Waals surface area contributed by atoms with E-state index in [9.17, 15) is 14.3 Å². The number of aromatic hydroxyl groups is 1. The highest BCUT2D eigenvalue weighted by molar-refractivity contribution is 5.86. The largest absolute Gasteiger partial charge is 0.507 e. The summed E-state index contributed by atoms with van der Waals surface area (Å²) < 4.78 is 13.5. The van der Waals surface area contributed by atoms with Crippen LogP contribution in [0.3, 0.4) is 0 Å². The lowest BCUT2D eigenvalue weighted by atomic mass is 10.1. The van der Waals surface area contributed by atoms with Crippen LogP contribution in [0.1, 0.15) is 18.4 Å². The van der Waals surface area contributed by atoms with Crippen molar-refractivity contribution in [1.82, 2.24) is 0 Å². The Balaban J connectivity index is 2.72. The average molecular weight is 296 g/mol. The summed E-state index contributed by atoms with van der Waals surface area (Å²) in [7, 11) is 0. The van der Waals surface area contributed by atoms with Crippen LogP contribution in [0, 0.1) is 5.82 Å². The van der Waals surface area contributed by atoms with Crippen molar-refractivity contribution in [2.75, 3.05) is 6.54 Å². The van der Waals surface area contributed by atoms with Crippen molar-refractivity contribution in [2.24, 2.45) is 21.5 Å². The molecule has 114 valence electrons. The number of carbonyl (C=O) groups is 1. The zero-order valence-corrected chi connectivity index (χ0v) is 11.2. The van der Waals surface area contributed by atoms with Crippen LogP contribution < -0.4 is 11.5 Å². The van der Waals surface area contributed by atoms with Gasteiger partial charge in [0, 0.05) is 12.8 Å². The summed E-state index contributed by atoms with van der Waals surface area (Å²) in [6, 6.07) is 2.72. The summed E-state index contributed by atoms with van der Waals surface area (Å²) in [5, 5.41) is 18.5. The van der Waals surface area contributed by atoms with Gasteiger partial charge in [-0.05, 0) is 25.0 Å². The zero-order chi connectivity index (χ0) is 15.8. The number of benzene rings is 1. The predicted octanol–water partition coefficient (Wildman–Crippen LogP) is 0.457. The van der Waals surface area contributed by atoms with E-state index in [2.05, 4.69) is 9.98 Å². The number of hydrogen-bond acceptors (Lipinski definition) is 4. The molecule has 0 saturated heterocycles. The van der Waals surface area contributed by atoms with E-state index in [4.69, 9.17) is 16.6 Å². The van der Waals surface area contributed by atoms with Gasteiger partial charge in [0.15, 0.2) is 5.96 Å². The highest BCUT2D eigenvalue weighted by Crippen LogP contribution is 2.18. The molecule has 7 nitrogen and oxygen atoms in total. The van der Waals surface area contributed by atoms with Crippen LogP contribution in [-0.2, 0) is 4.79 Å². The summed E-state index contributed by atoms with van der Waals surface area (Å²) in [6.07, 6.45) is 1.62. The molecule has 0 aliphatic carbocycles.